The minimum Gasteiger partial charge on any atom is -0.385 e. The van der Waals surface area contributed by atoms with Gasteiger partial charge in [-0.15, -0.1) is 11.3 Å². The summed E-state index contributed by atoms with van der Waals surface area (Å²) in [5.41, 5.74) is 2.72. The maximum absolute atomic E-state index is 9.44. The van der Waals surface area contributed by atoms with Gasteiger partial charge in [-0.1, -0.05) is 27.2 Å². The van der Waals surface area contributed by atoms with E-state index in [2.05, 4.69) is 21.9 Å². The quantitative estimate of drug-likeness (QED) is 0.678. The predicted molar refractivity (Wildman–Crippen MR) is 98.0 cm³/mol. The molecule has 128 valence electrons. The van der Waals surface area contributed by atoms with Crippen molar-refractivity contribution in [2.45, 2.75) is 46.6 Å². The molecular weight excluding hydrogens is 310 g/mol. The molecule has 1 unspecified atom stereocenters. The Morgan fingerprint density at radius 2 is 2.13 bits per heavy atom. The molecule has 0 amide bonds. The van der Waals surface area contributed by atoms with Crippen LogP contribution in [0, 0.1) is 0 Å². The normalized spacial score (nSPS) is 11.6. The van der Waals surface area contributed by atoms with Crippen LogP contribution in [-0.2, 0) is 4.74 Å². The average Bonchev–Trinajstić information content (AvgIpc) is 3.20. The molecule has 0 aliphatic rings. The van der Waals surface area contributed by atoms with Crippen molar-refractivity contribution >= 4 is 32.6 Å². The van der Waals surface area contributed by atoms with E-state index in [9.17, 15) is 5.11 Å². The van der Waals surface area contributed by atoms with Gasteiger partial charge in [-0.3, -0.25) is 4.98 Å². The van der Waals surface area contributed by atoms with Gasteiger partial charge in [-0.05, 0) is 24.8 Å². The molecule has 0 aliphatic heterocycles. The highest BCUT2D eigenvalue weighted by molar-refractivity contribution is 7.18. The summed E-state index contributed by atoms with van der Waals surface area (Å²) in [5.74, 6) is 0.590. The number of unbranched alkanes of at least 4 members (excludes halogenated alkanes) is 1. The molecule has 5 nitrogen and oxygen atoms in total. The number of aromatic amines is 1. The third-order valence-electron chi connectivity index (χ3n) is 3.04. The molecule has 0 spiro atoms. The summed E-state index contributed by atoms with van der Waals surface area (Å²) in [6, 6.07) is 1.97. The van der Waals surface area contributed by atoms with E-state index in [1.165, 1.54) is 12.8 Å². The predicted octanol–water partition coefficient (Wildman–Crippen LogP) is 4.69. The molecule has 1 atom stereocenters. The second-order valence-corrected chi connectivity index (χ2v) is 5.72. The lowest BCUT2D eigenvalue weighted by atomic mass is 10.3. The van der Waals surface area contributed by atoms with Crippen LogP contribution >= 0.6 is 11.3 Å². The maximum Gasteiger partial charge on any atom is 0.136 e. The topological polar surface area (TPSA) is 71.0 Å². The van der Waals surface area contributed by atoms with Crippen LogP contribution in [0.1, 0.15) is 52.5 Å². The van der Waals surface area contributed by atoms with Crippen LogP contribution in [0.3, 0.4) is 0 Å². The number of fused-ring (bicyclic) bond motifs is 3. The van der Waals surface area contributed by atoms with Crippen LogP contribution < -0.4 is 0 Å². The van der Waals surface area contributed by atoms with Gasteiger partial charge in [-0.2, -0.15) is 0 Å². The molecule has 3 aromatic heterocycles. The molecule has 0 bridgehead atoms. The number of hydrogen-bond donors (Lipinski definition) is 2. The van der Waals surface area contributed by atoms with Crippen LogP contribution in [0.25, 0.3) is 21.3 Å². The zero-order chi connectivity index (χ0) is 17.2. The first-order chi connectivity index (χ1) is 11.2. The number of ether oxygens (including phenoxy) is 1. The smallest absolute Gasteiger partial charge is 0.136 e. The largest absolute Gasteiger partial charge is 0.385 e. The van der Waals surface area contributed by atoms with Gasteiger partial charge in [0.25, 0.3) is 0 Å². The number of pyridine rings is 1. The Balaban J connectivity index is 0.000000284. The second kappa shape index (κ2) is 10.3. The van der Waals surface area contributed by atoms with Crippen LogP contribution in [-0.4, -0.2) is 33.8 Å². The molecule has 2 N–H and O–H groups in total. The highest BCUT2D eigenvalue weighted by Crippen LogP contribution is 2.27. The highest BCUT2D eigenvalue weighted by Gasteiger charge is 2.11. The molecule has 3 heterocycles. The van der Waals surface area contributed by atoms with Gasteiger partial charge in [-0.25, -0.2) is 4.98 Å². The van der Waals surface area contributed by atoms with Gasteiger partial charge in [0.2, 0.25) is 0 Å². The number of imidazole rings is 1. The summed E-state index contributed by atoms with van der Waals surface area (Å²) < 4.78 is 5.85. The van der Waals surface area contributed by atoms with E-state index >= 15 is 0 Å². The van der Waals surface area contributed by atoms with Crippen molar-refractivity contribution < 1.29 is 9.84 Å². The summed E-state index contributed by atoms with van der Waals surface area (Å²) in [6.45, 7) is 8.76. The number of methoxy groups -OCH3 is 1. The van der Waals surface area contributed by atoms with Crippen molar-refractivity contribution in [3.8, 4) is 0 Å². The first kappa shape index (κ1) is 19.5. The fourth-order valence-corrected chi connectivity index (χ4v) is 2.72. The van der Waals surface area contributed by atoms with Crippen molar-refractivity contribution in [2.24, 2.45) is 0 Å². The molecule has 3 aromatic rings. The number of hydrogen-bond acceptors (Lipinski definition) is 5. The molecule has 0 aliphatic carbocycles. The summed E-state index contributed by atoms with van der Waals surface area (Å²) in [4.78, 5) is 11.7. The number of rotatable bonds is 4. The van der Waals surface area contributed by atoms with Crippen molar-refractivity contribution in [3.63, 3.8) is 0 Å². The molecule has 6 heteroatoms. The summed E-state index contributed by atoms with van der Waals surface area (Å²) in [7, 11) is 1.73. The van der Waals surface area contributed by atoms with Crippen LogP contribution in [0.4, 0.5) is 0 Å². The van der Waals surface area contributed by atoms with E-state index in [4.69, 9.17) is 4.74 Å². The lowest BCUT2D eigenvalue weighted by molar-refractivity contribution is 0.190. The number of aliphatic hydroxyl groups excluding tert-OH is 1. The summed E-state index contributed by atoms with van der Waals surface area (Å²) >= 11 is 1.62. The number of nitrogens with zero attached hydrogens (tertiary/aromatic N) is 2. The number of aromatic nitrogens is 3. The SMILES string of the molecule is CC.CC(O)c1nc2c(cnc3ccsc32)[nH]1.CCCCOC. The van der Waals surface area contributed by atoms with Gasteiger partial charge < -0.3 is 14.8 Å². The molecular formula is C17H27N3O2S. The Kier molecular flexibility index (Phi) is 8.76. The standard InChI is InChI=1S/C10H9N3OS.C5H12O.C2H6/c1-5(14)10-12-7-4-11-6-2-3-15-9(6)8(7)13-10;1-3-4-5-6-2;1-2/h2-5,14H,1H3,(H,12,13);3-5H2,1-2H3;1-2H3. The zero-order valence-corrected chi connectivity index (χ0v) is 15.4. The average molecular weight is 337 g/mol. The molecule has 0 fully saturated rings. The molecule has 0 saturated heterocycles. The molecule has 0 saturated carbocycles. The number of aliphatic hydroxyl groups is 1. The first-order valence-corrected chi connectivity index (χ1v) is 8.94. The van der Waals surface area contributed by atoms with Gasteiger partial charge in [0, 0.05) is 13.7 Å². The fraction of sp³-hybridized carbons (Fsp3) is 0.529. The Morgan fingerprint density at radius 1 is 1.39 bits per heavy atom. The number of nitrogens with one attached hydrogen (secondary N) is 1. The highest BCUT2D eigenvalue weighted by atomic mass is 32.1. The van der Waals surface area contributed by atoms with Gasteiger partial charge in [0.15, 0.2) is 0 Å². The number of H-pyrrole nitrogens is 1. The minimum atomic E-state index is -0.576. The van der Waals surface area contributed by atoms with Crippen LogP contribution in [0.2, 0.25) is 0 Å². The lowest BCUT2D eigenvalue weighted by Crippen LogP contribution is -1.92. The number of thiophene rings is 1. The van der Waals surface area contributed by atoms with E-state index in [-0.39, 0.29) is 0 Å². The summed E-state index contributed by atoms with van der Waals surface area (Å²) in [5, 5.41) is 11.4. The molecule has 0 radical (unpaired) electrons. The monoisotopic (exact) mass is 337 g/mol. The van der Waals surface area contributed by atoms with E-state index < -0.39 is 6.10 Å². The van der Waals surface area contributed by atoms with Crippen molar-refractivity contribution in [1.82, 2.24) is 15.0 Å². The van der Waals surface area contributed by atoms with E-state index in [0.717, 1.165) is 27.9 Å². The third-order valence-corrected chi connectivity index (χ3v) is 3.95. The van der Waals surface area contributed by atoms with Crippen LogP contribution in [0.5, 0.6) is 0 Å². The first-order valence-electron chi connectivity index (χ1n) is 8.06. The zero-order valence-electron chi connectivity index (χ0n) is 14.6. The van der Waals surface area contributed by atoms with Gasteiger partial charge >= 0.3 is 0 Å². The Bertz CT molecular complexity index is 687. The minimum absolute atomic E-state index is 0.576. The van der Waals surface area contributed by atoms with E-state index in [0.29, 0.717) is 5.82 Å². The summed E-state index contributed by atoms with van der Waals surface area (Å²) in [6.07, 6.45) is 3.60. The van der Waals surface area contributed by atoms with Crippen molar-refractivity contribution in [2.75, 3.05) is 13.7 Å². The van der Waals surface area contributed by atoms with Crippen molar-refractivity contribution in [3.05, 3.63) is 23.5 Å². The van der Waals surface area contributed by atoms with Crippen molar-refractivity contribution in [1.29, 1.82) is 0 Å². The Labute approximate surface area is 141 Å². The molecule has 23 heavy (non-hydrogen) atoms. The Hall–Kier alpha value is -1.50. The van der Waals surface area contributed by atoms with E-state index in [1.54, 1.807) is 31.6 Å². The maximum atomic E-state index is 9.44. The third kappa shape index (κ3) is 5.27. The fourth-order valence-electron chi connectivity index (χ4n) is 1.87. The Morgan fingerprint density at radius 3 is 2.70 bits per heavy atom. The van der Waals surface area contributed by atoms with Crippen LogP contribution in [0.15, 0.2) is 17.6 Å². The molecule has 0 aromatic carbocycles. The molecule has 3 rings (SSSR count). The second-order valence-electron chi connectivity index (χ2n) is 4.80. The van der Waals surface area contributed by atoms with Gasteiger partial charge in [0.1, 0.15) is 17.4 Å². The lowest BCUT2D eigenvalue weighted by Gasteiger charge is -1.95. The van der Waals surface area contributed by atoms with E-state index in [1.807, 2.05) is 25.3 Å². The van der Waals surface area contributed by atoms with Gasteiger partial charge in [0.05, 0.1) is 21.9 Å².